The van der Waals surface area contributed by atoms with E-state index < -0.39 is 0 Å². The number of nitrogens with one attached hydrogen (secondary N) is 1. The lowest BCUT2D eigenvalue weighted by Gasteiger charge is -2.16. The molecule has 2 aromatic carbocycles. The van der Waals surface area contributed by atoms with Crippen LogP contribution in [0.4, 0.5) is 0 Å². The van der Waals surface area contributed by atoms with Crippen LogP contribution in [-0.4, -0.2) is 19.6 Å². The van der Waals surface area contributed by atoms with E-state index in [1.165, 1.54) is 31.3 Å². The maximum atomic E-state index is 12.5. The van der Waals surface area contributed by atoms with E-state index in [1.54, 1.807) is 7.11 Å². The minimum atomic E-state index is -0.146. The van der Waals surface area contributed by atoms with E-state index in [-0.39, 0.29) is 11.8 Å². The topological polar surface area (TPSA) is 38.3 Å². The molecule has 1 aliphatic rings. The molecule has 132 valence electrons. The van der Waals surface area contributed by atoms with Crippen molar-refractivity contribution in [1.82, 2.24) is 5.32 Å². The summed E-state index contributed by atoms with van der Waals surface area (Å²) in [6.45, 7) is 2.71. The van der Waals surface area contributed by atoms with Gasteiger partial charge in [0.05, 0.1) is 13.0 Å². The van der Waals surface area contributed by atoms with Crippen molar-refractivity contribution in [2.75, 3.05) is 13.7 Å². The van der Waals surface area contributed by atoms with E-state index in [0.717, 1.165) is 35.1 Å². The summed E-state index contributed by atoms with van der Waals surface area (Å²) in [7, 11) is 1.67. The van der Waals surface area contributed by atoms with Crippen molar-refractivity contribution < 1.29 is 9.53 Å². The van der Waals surface area contributed by atoms with Crippen LogP contribution in [0.2, 0.25) is 0 Å². The van der Waals surface area contributed by atoms with Gasteiger partial charge in [0.25, 0.3) is 0 Å². The van der Waals surface area contributed by atoms with Crippen LogP contribution in [0, 0.1) is 0 Å². The molecule has 0 aromatic heterocycles. The lowest BCUT2D eigenvalue weighted by molar-refractivity contribution is -0.122. The normalized spacial score (nSPS) is 15.5. The third-order valence-electron chi connectivity index (χ3n) is 5.10. The quantitative estimate of drug-likeness (QED) is 0.757. The molecule has 0 bridgehead atoms. The molecule has 0 radical (unpaired) electrons. The predicted molar refractivity (Wildman–Crippen MR) is 103 cm³/mol. The molecule has 0 spiro atoms. The van der Waals surface area contributed by atoms with E-state index >= 15 is 0 Å². The number of benzene rings is 2. The molecule has 0 heterocycles. The Bertz CT molecular complexity index is 779. The Kier molecular flexibility index (Phi) is 5.75. The van der Waals surface area contributed by atoms with Crippen LogP contribution in [0.1, 0.15) is 50.5 Å². The summed E-state index contributed by atoms with van der Waals surface area (Å²) in [5.74, 6) is 0.805. The highest BCUT2D eigenvalue weighted by Gasteiger charge is 2.15. The van der Waals surface area contributed by atoms with Gasteiger partial charge in [-0.2, -0.15) is 0 Å². The van der Waals surface area contributed by atoms with Crippen LogP contribution >= 0.6 is 0 Å². The Morgan fingerprint density at radius 2 is 1.96 bits per heavy atom. The van der Waals surface area contributed by atoms with E-state index in [1.807, 2.05) is 31.2 Å². The summed E-state index contributed by atoms with van der Waals surface area (Å²) in [5.41, 5.74) is 2.55. The van der Waals surface area contributed by atoms with Crippen LogP contribution in [0.3, 0.4) is 0 Å². The van der Waals surface area contributed by atoms with Crippen LogP contribution < -0.4 is 10.1 Å². The van der Waals surface area contributed by atoms with Gasteiger partial charge in [0.1, 0.15) is 5.75 Å². The van der Waals surface area contributed by atoms with Gasteiger partial charge in [-0.15, -0.1) is 0 Å². The Hall–Kier alpha value is -2.29. The molecule has 1 atom stereocenters. The number of carbonyl (C=O) groups excluding carboxylic acids is 1. The first-order valence-corrected chi connectivity index (χ1v) is 9.20. The maximum absolute atomic E-state index is 12.5. The van der Waals surface area contributed by atoms with Crippen LogP contribution in [-0.2, 0) is 4.79 Å². The van der Waals surface area contributed by atoms with Crippen molar-refractivity contribution >= 4 is 16.7 Å². The molecule has 0 unspecified atom stereocenters. The summed E-state index contributed by atoms with van der Waals surface area (Å²) < 4.78 is 5.26. The molecule has 1 aliphatic carbocycles. The second-order valence-corrected chi connectivity index (χ2v) is 6.84. The molecule has 3 nitrogen and oxygen atoms in total. The standard InChI is InChI=1S/C22H27NO2/c1-16(22(24)23-13-12-17-6-4-3-5-7-17)18-8-9-20-15-21(25-2)11-10-19(20)14-18/h6,8-11,14-16H,3-5,7,12-13H2,1-2H3,(H,23,24)/t16-/m0/s1. The molecule has 3 heteroatoms. The van der Waals surface area contributed by atoms with Gasteiger partial charge in [0.2, 0.25) is 5.91 Å². The summed E-state index contributed by atoms with van der Waals surface area (Å²) >= 11 is 0. The highest BCUT2D eigenvalue weighted by Crippen LogP contribution is 2.25. The number of hydrogen-bond acceptors (Lipinski definition) is 2. The van der Waals surface area contributed by atoms with Crippen molar-refractivity contribution in [3.05, 3.63) is 53.6 Å². The molecule has 1 N–H and O–H groups in total. The molecule has 0 saturated heterocycles. The van der Waals surface area contributed by atoms with Crippen molar-refractivity contribution in [3.8, 4) is 5.75 Å². The summed E-state index contributed by atoms with van der Waals surface area (Å²) in [6, 6.07) is 12.2. The third kappa shape index (κ3) is 4.41. The molecular weight excluding hydrogens is 310 g/mol. The predicted octanol–water partition coefficient (Wildman–Crippen LogP) is 4.96. The zero-order valence-corrected chi connectivity index (χ0v) is 15.2. The van der Waals surface area contributed by atoms with Gasteiger partial charge in [0, 0.05) is 6.54 Å². The number of methoxy groups -OCH3 is 1. The first kappa shape index (κ1) is 17.5. The van der Waals surface area contributed by atoms with Crippen molar-refractivity contribution in [2.24, 2.45) is 0 Å². The fourth-order valence-corrected chi connectivity index (χ4v) is 3.42. The maximum Gasteiger partial charge on any atom is 0.227 e. The Labute approximate surface area is 150 Å². The van der Waals surface area contributed by atoms with Crippen LogP contribution in [0.5, 0.6) is 5.75 Å². The number of hydrogen-bond donors (Lipinski definition) is 1. The van der Waals surface area contributed by atoms with E-state index in [2.05, 4.69) is 23.5 Å². The smallest absolute Gasteiger partial charge is 0.227 e. The van der Waals surface area contributed by atoms with Gasteiger partial charge in [0.15, 0.2) is 0 Å². The summed E-state index contributed by atoms with van der Waals surface area (Å²) in [5, 5.41) is 5.35. The average Bonchev–Trinajstić information content (AvgIpc) is 2.67. The van der Waals surface area contributed by atoms with Gasteiger partial charge in [-0.1, -0.05) is 35.9 Å². The lowest BCUT2D eigenvalue weighted by Crippen LogP contribution is -2.29. The first-order chi connectivity index (χ1) is 12.2. The number of rotatable bonds is 6. The molecule has 0 fully saturated rings. The molecule has 0 saturated carbocycles. The first-order valence-electron chi connectivity index (χ1n) is 9.20. The number of allylic oxidation sites excluding steroid dienone is 1. The minimum absolute atomic E-state index is 0.101. The van der Waals surface area contributed by atoms with Crippen LogP contribution in [0.15, 0.2) is 48.0 Å². The molecule has 3 rings (SSSR count). The Morgan fingerprint density at radius 1 is 1.16 bits per heavy atom. The van der Waals surface area contributed by atoms with Gasteiger partial charge in [-0.3, -0.25) is 4.79 Å². The molecule has 1 amide bonds. The van der Waals surface area contributed by atoms with E-state index in [4.69, 9.17) is 4.74 Å². The third-order valence-corrected chi connectivity index (χ3v) is 5.10. The zero-order chi connectivity index (χ0) is 17.6. The average molecular weight is 337 g/mol. The highest BCUT2D eigenvalue weighted by atomic mass is 16.5. The second kappa shape index (κ2) is 8.19. The lowest BCUT2D eigenvalue weighted by atomic mass is 9.96. The van der Waals surface area contributed by atoms with Crippen molar-refractivity contribution in [3.63, 3.8) is 0 Å². The highest BCUT2D eigenvalue weighted by molar-refractivity contribution is 5.88. The largest absolute Gasteiger partial charge is 0.497 e. The Balaban J connectivity index is 1.61. The fourth-order valence-electron chi connectivity index (χ4n) is 3.42. The monoisotopic (exact) mass is 337 g/mol. The van der Waals surface area contributed by atoms with Gasteiger partial charge < -0.3 is 10.1 Å². The molecule has 25 heavy (non-hydrogen) atoms. The molecule has 2 aromatic rings. The van der Waals surface area contributed by atoms with Crippen molar-refractivity contribution in [2.45, 2.75) is 44.9 Å². The fraction of sp³-hybridized carbons (Fsp3) is 0.409. The van der Waals surface area contributed by atoms with Crippen LogP contribution in [0.25, 0.3) is 10.8 Å². The minimum Gasteiger partial charge on any atom is -0.497 e. The summed E-state index contributed by atoms with van der Waals surface area (Å²) in [6.07, 6.45) is 8.31. The summed E-state index contributed by atoms with van der Waals surface area (Å²) in [4.78, 5) is 12.5. The number of fused-ring (bicyclic) bond motifs is 1. The molecule has 0 aliphatic heterocycles. The number of ether oxygens (including phenoxy) is 1. The zero-order valence-electron chi connectivity index (χ0n) is 15.2. The number of amides is 1. The molecular formula is C22H27NO2. The van der Waals surface area contributed by atoms with E-state index in [0.29, 0.717) is 0 Å². The van der Waals surface area contributed by atoms with Gasteiger partial charge in [-0.25, -0.2) is 0 Å². The van der Waals surface area contributed by atoms with E-state index in [9.17, 15) is 4.79 Å². The van der Waals surface area contributed by atoms with Gasteiger partial charge >= 0.3 is 0 Å². The number of carbonyl (C=O) groups is 1. The Morgan fingerprint density at radius 3 is 2.72 bits per heavy atom. The SMILES string of the molecule is COc1ccc2cc([C@H](C)C(=O)NCCC3=CCCCC3)ccc2c1. The van der Waals surface area contributed by atoms with Crippen molar-refractivity contribution in [1.29, 1.82) is 0 Å². The second-order valence-electron chi connectivity index (χ2n) is 6.84. The van der Waals surface area contributed by atoms with Gasteiger partial charge in [-0.05, 0) is 67.5 Å².